The third-order valence-corrected chi connectivity index (χ3v) is 5.38. The summed E-state index contributed by atoms with van der Waals surface area (Å²) in [5.41, 5.74) is 4.05. The molecule has 5 nitrogen and oxygen atoms in total. The molecule has 2 heterocycles. The summed E-state index contributed by atoms with van der Waals surface area (Å²) in [5, 5.41) is 4.64. The van der Waals surface area contributed by atoms with Gasteiger partial charge in [-0.25, -0.2) is 9.48 Å². The Labute approximate surface area is 155 Å². The topological polar surface area (TPSA) is 53.3 Å². The molecule has 4 rings (SSSR count). The predicted molar refractivity (Wildman–Crippen MR) is 101 cm³/mol. The smallest absolute Gasteiger partial charge is 0.359 e. The molecule has 1 aliphatic heterocycles. The van der Waals surface area contributed by atoms with Crippen molar-refractivity contribution in [1.82, 2.24) is 9.78 Å². The van der Waals surface area contributed by atoms with Gasteiger partial charge in [0.25, 0.3) is 0 Å². The number of benzene rings is 2. The molecule has 0 radical (unpaired) electrons. The third kappa shape index (κ3) is 2.66. The molecule has 26 heavy (non-hydrogen) atoms. The van der Waals surface area contributed by atoms with Crippen molar-refractivity contribution in [2.24, 2.45) is 0 Å². The van der Waals surface area contributed by atoms with Crippen LogP contribution in [-0.2, 0) is 10.5 Å². The Kier molecular flexibility index (Phi) is 4.42. The fourth-order valence-electron chi connectivity index (χ4n) is 3.14. The van der Waals surface area contributed by atoms with E-state index in [1.165, 1.54) is 4.90 Å². The molecular weight excluding hydrogens is 348 g/mol. The maximum absolute atomic E-state index is 12.5. The monoisotopic (exact) mass is 366 g/mol. The first-order valence-electron chi connectivity index (χ1n) is 8.39. The van der Waals surface area contributed by atoms with Gasteiger partial charge in [-0.1, -0.05) is 30.3 Å². The van der Waals surface area contributed by atoms with Gasteiger partial charge in [-0.05, 0) is 25.1 Å². The van der Waals surface area contributed by atoms with E-state index in [0.29, 0.717) is 23.8 Å². The molecule has 2 aromatic carbocycles. The Morgan fingerprint density at radius 3 is 2.77 bits per heavy atom. The Bertz CT molecular complexity index is 981. The highest BCUT2D eigenvalue weighted by Gasteiger charge is 2.30. The third-order valence-electron chi connectivity index (χ3n) is 4.28. The lowest BCUT2D eigenvalue weighted by Gasteiger charge is -2.19. The molecule has 0 atom stereocenters. The first kappa shape index (κ1) is 16.7. The second kappa shape index (κ2) is 6.88. The number of carbonyl (C=O) groups is 1. The summed E-state index contributed by atoms with van der Waals surface area (Å²) in [6.07, 6.45) is 0. The van der Waals surface area contributed by atoms with Crippen LogP contribution in [0, 0.1) is 0 Å². The number of methoxy groups -OCH3 is 1. The van der Waals surface area contributed by atoms with Crippen LogP contribution in [0.2, 0.25) is 0 Å². The van der Waals surface area contributed by atoms with Crippen molar-refractivity contribution in [2.45, 2.75) is 17.6 Å². The lowest BCUT2D eigenvalue weighted by atomic mass is 10.1. The van der Waals surface area contributed by atoms with Crippen LogP contribution in [0.25, 0.3) is 16.9 Å². The molecular formula is C20H18N2O3S. The second-order valence-electron chi connectivity index (χ2n) is 5.76. The van der Waals surface area contributed by atoms with Crippen molar-refractivity contribution < 1.29 is 14.3 Å². The van der Waals surface area contributed by atoms with E-state index in [-0.39, 0.29) is 0 Å². The molecule has 0 unspecified atom stereocenters. The summed E-state index contributed by atoms with van der Waals surface area (Å²) in [6.45, 7) is 2.12. The van der Waals surface area contributed by atoms with Crippen molar-refractivity contribution in [3.05, 3.63) is 59.8 Å². The van der Waals surface area contributed by atoms with Gasteiger partial charge in [0.15, 0.2) is 5.69 Å². The maximum Gasteiger partial charge on any atom is 0.359 e. The fraction of sp³-hybridized carbons (Fsp3) is 0.200. The average Bonchev–Trinajstić information content (AvgIpc) is 3.08. The Hall–Kier alpha value is -2.73. The van der Waals surface area contributed by atoms with Crippen LogP contribution in [0.15, 0.2) is 53.4 Å². The lowest BCUT2D eigenvalue weighted by molar-refractivity contribution is 0.0518. The Balaban J connectivity index is 2.00. The lowest BCUT2D eigenvalue weighted by Crippen LogP contribution is -2.08. The minimum atomic E-state index is -0.391. The highest BCUT2D eigenvalue weighted by molar-refractivity contribution is 7.98. The zero-order valence-corrected chi connectivity index (χ0v) is 15.4. The number of para-hydroxylation sites is 2. The largest absolute Gasteiger partial charge is 0.494 e. The minimum absolute atomic E-state index is 0.318. The first-order chi connectivity index (χ1) is 12.7. The van der Waals surface area contributed by atoms with E-state index in [2.05, 4.69) is 17.2 Å². The van der Waals surface area contributed by atoms with Crippen LogP contribution in [0.1, 0.15) is 23.0 Å². The molecule has 132 valence electrons. The highest BCUT2D eigenvalue weighted by atomic mass is 32.2. The molecule has 0 bridgehead atoms. The fourth-order valence-corrected chi connectivity index (χ4v) is 4.21. The molecule has 0 spiro atoms. The number of carbonyl (C=O) groups excluding carboxylic acids is 1. The zero-order valence-electron chi connectivity index (χ0n) is 14.6. The van der Waals surface area contributed by atoms with Crippen LogP contribution < -0.4 is 4.74 Å². The summed E-state index contributed by atoms with van der Waals surface area (Å²) >= 11 is 1.71. The van der Waals surface area contributed by atoms with Gasteiger partial charge < -0.3 is 9.47 Å². The molecule has 0 saturated carbocycles. The molecule has 0 fully saturated rings. The first-order valence-corrected chi connectivity index (χ1v) is 9.37. The van der Waals surface area contributed by atoms with Gasteiger partial charge >= 0.3 is 5.97 Å². The molecule has 3 aromatic rings. The van der Waals surface area contributed by atoms with E-state index < -0.39 is 5.97 Å². The SMILES string of the molecule is CCOC(=O)c1nn(-c2ccccc2OC)c2c1CSc1ccccc1-2. The summed E-state index contributed by atoms with van der Waals surface area (Å²) in [5.74, 6) is 0.983. The number of fused-ring (bicyclic) bond motifs is 3. The number of thioether (sulfide) groups is 1. The predicted octanol–water partition coefficient (Wildman–Crippen LogP) is 4.33. The van der Waals surface area contributed by atoms with E-state index in [1.807, 2.05) is 36.4 Å². The van der Waals surface area contributed by atoms with E-state index in [1.54, 1.807) is 30.5 Å². The molecule has 0 saturated heterocycles. The van der Waals surface area contributed by atoms with Crippen molar-refractivity contribution in [1.29, 1.82) is 0 Å². The van der Waals surface area contributed by atoms with E-state index in [4.69, 9.17) is 9.47 Å². The van der Waals surface area contributed by atoms with Crippen LogP contribution in [-0.4, -0.2) is 29.5 Å². The van der Waals surface area contributed by atoms with Crippen LogP contribution >= 0.6 is 11.8 Å². The normalized spacial score (nSPS) is 12.2. The summed E-state index contributed by atoms with van der Waals surface area (Å²) in [4.78, 5) is 13.7. The number of rotatable bonds is 4. The summed E-state index contributed by atoms with van der Waals surface area (Å²) < 4.78 is 12.6. The van der Waals surface area contributed by atoms with Crippen LogP contribution in [0.3, 0.4) is 0 Å². The van der Waals surface area contributed by atoms with Gasteiger partial charge in [-0.15, -0.1) is 11.8 Å². The van der Waals surface area contributed by atoms with E-state index in [9.17, 15) is 4.79 Å². The standard InChI is InChI=1S/C20H18N2O3S/c1-3-25-20(23)18-14-12-26-17-11-7-4-8-13(17)19(14)22(21-18)15-9-5-6-10-16(15)24-2/h4-11H,3,12H2,1-2H3. The number of hydrogen-bond acceptors (Lipinski definition) is 5. The van der Waals surface area contributed by atoms with Crippen LogP contribution in [0.5, 0.6) is 5.75 Å². The maximum atomic E-state index is 12.5. The quantitative estimate of drug-likeness (QED) is 0.643. The molecule has 1 aliphatic rings. The second-order valence-corrected chi connectivity index (χ2v) is 6.78. The van der Waals surface area contributed by atoms with Gasteiger partial charge in [0, 0.05) is 21.8 Å². The van der Waals surface area contributed by atoms with Gasteiger partial charge in [0.05, 0.1) is 19.4 Å². The van der Waals surface area contributed by atoms with Crippen molar-refractivity contribution in [2.75, 3.05) is 13.7 Å². The van der Waals surface area contributed by atoms with Crippen LogP contribution in [0.4, 0.5) is 0 Å². The van der Waals surface area contributed by atoms with Crippen molar-refractivity contribution >= 4 is 17.7 Å². The van der Waals surface area contributed by atoms with Gasteiger partial charge in [-0.2, -0.15) is 5.10 Å². The number of esters is 1. The van der Waals surface area contributed by atoms with Crippen molar-refractivity contribution in [3.8, 4) is 22.7 Å². The highest BCUT2D eigenvalue weighted by Crippen LogP contribution is 2.44. The molecule has 6 heteroatoms. The molecule has 0 amide bonds. The zero-order chi connectivity index (χ0) is 18.1. The Morgan fingerprint density at radius 2 is 1.96 bits per heavy atom. The van der Waals surface area contributed by atoms with E-state index >= 15 is 0 Å². The summed E-state index contributed by atoms with van der Waals surface area (Å²) in [7, 11) is 1.63. The van der Waals surface area contributed by atoms with E-state index in [0.717, 1.165) is 22.5 Å². The number of aromatic nitrogens is 2. The van der Waals surface area contributed by atoms with Gasteiger partial charge in [-0.3, -0.25) is 0 Å². The van der Waals surface area contributed by atoms with Gasteiger partial charge in [0.1, 0.15) is 11.4 Å². The Morgan fingerprint density at radius 1 is 1.19 bits per heavy atom. The number of nitrogens with zero attached hydrogens (tertiary/aromatic N) is 2. The molecule has 0 N–H and O–H groups in total. The number of hydrogen-bond donors (Lipinski definition) is 0. The number of ether oxygens (including phenoxy) is 2. The van der Waals surface area contributed by atoms with Crippen molar-refractivity contribution in [3.63, 3.8) is 0 Å². The molecule has 1 aromatic heterocycles. The average molecular weight is 366 g/mol. The molecule has 0 aliphatic carbocycles. The minimum Gasteiger partial charge on any atom is -0.494 e. The van der Waals surface area contributed by atoms with Gasteiger partial charge in [0.2, 0.25) is 0 Å². The summed E-state index contributed by atoms with van der Waals surface area (Å²) in [6, 6.07) is 15.8.